The lowest BCUT2D eigenvalue weighted by Gasteiger charge is -2.36. The number of anilines is 2. The van der Waals surface area contributed by atoms with Crippen molar-refractivity contribution < 1.29 is 14.6 Å². The average Bonchev–Trinajstić information content (AvgIpc) is 3.54. The van der Waals surface area contributed by atoms with Gasteiger partial charge in [-0.25, -0.2) is 4.98 Å². The molecule has 0 atom stereocenters. The van der Waals surface area contributed by atoms with E-state index in [-0.39, 0.29) is 30.7 Å². The van der Waals surface area contributed by atoms with Crippen LogP contribution >= 0.6 is 0 Å². The van der Waals surface area contributed by atoms with Gasteiger partial charge in [0.15, 0.2) is 11.2 Å². The number of benzene rings is 2. The fourth-order valence-electron chi connectivity index (χ4n) is 4.79. The fraction of sp³-hybridized carbons (Fsp3) is 0.259. The number of hydrogen-bond acceptors (Lipinski definition) is 9. The van der Waals surface area contributed by atoms with Gasteiger partial charge in [-0.2, -0.15) is 9.97 Å². The van der Waals surface area contributed by atoms with Crippen LogP contribution in [-0.2, 0) is 16.1 Å². The van der Waals surface area contributed by atoms with Crippen LogP contribution in [0.1, 0.15) is 6.92 Å². The molecular formula is C27H25N9O3. The smallest absolute Gasteiger partial charge is 0.326 e. The largest absolute Gasteiger partial charge is 0.508 e. The Morgan fingerprint density at radius 2 is 1.79 bits per heavy atom. The highest BCUT2D eigenvalue weighted by molar-refractivity contribution is 5.93. The number of imidazole rings is 1. The zero-order valence-corrected chi connectivity index (χ0v) is 21.2. The van der Waals surface area contributed by atoms with Crippen molar-refractivity contribution >= 4 is 45.5 Å². The molecule has 1 saturated heterocycles. The van der Waals surface area contributed by atoms with E-state index in [1.54, 1.807) is 34.6 Å². The topological polar surface area (TPSA) is 119 Å². The van der Waals surface area contributed by atoms with Crippen LogP contribution in [0.2, 0.25) is 0 Å². The van der Waals surface area contributed by atoms with Crippen LogP contribution in [0.4, 0.5) is 17.5 Å². The van der Waals surface area contributed by atoms with Gasteiger partial charge in [0.2, 0.25) is 11.8 Å². The Morgan fingerprint density at radius 1 is 1.05 bits per heavy atom. The van der Waals surface area contributed by atoms with Gasteiger partial charge >= 0.3 is 11.8 Å². The van der Waals surface area contributed by atoms with Gasteiger partial charge in [0.05, 0.1) is 18.5 Å². The molecule has 1 fully saturated rings. The van der Waals surface area contributed by atoms with E-state index >= 15 is 0 Å². The van der Waals surface area contributed by atoms with Crippen LogP contribution in [-0.4, -0.2) is 73.2 Å². The molecule has 39 heavy (non-hydrogen) atoms. The highest BCUT2D eigenvalue weighted by Gasteiger charge is 2.26. The summed E-state index contributed by atoms with van der Waals surface area (Å²) in [5, 5.41) is 14.9. The second-order valence-corrected chi connectivity index (χ2v) is 9.05. The minimum absolute atomic E-state index is 0.0397. The molecule has 1 N–H and O–H groups in total. The van der Waals surface area contributed by atoms with Crippen molar-refractivity contribution in [2.75, 3.05) is 42.6 Å². The van der Waals surface area contributed by atoms with Gasteiger partial charge in [-0.15, -0.1) is 4.68 Å². The van der Waals surface area contributed by atoms with Gasteiger partial charge in [0.25, 0.3) is 0 Å². The molecule has 5 aromatic rings. The van der Waals surface area contributed by atoms with Crippen molar-refractivity contribution in [3.63, 3.8) is 0 Å². The third kappa shape index (κ3) is 4.44. The Morgan fingerprint density at radius 3 is 2.54 bits per heavy atom. The molecule has 0 unspecified atom stereocenters. The lowest BCUT2D eigenvalue weighted by molar-refractivity contribution is -0.143. The molecule has 2 aromatic carbocycles. The predicted octanol–water partition coefficient (Wildman–Crippen LogP) is 3.31. The van der Waals surface area contributed by atoms with E-state index in [2.05, 4.69) is 24.7 Å². The number of hydrogen-bond donors (Lipinski definition) is 1. The second kappa shape index (κ2) is 9.94. The Kier molecular flexibility index (Phi) is 6.16. The van der Waals surface area contributed by atoms with Gasteiger partial charge in [0.1, 0.15) is 12.3 Å². The summed E-state index contributed by atoms with van der Waals surface area (Å²) in [6, 6.07) is 14.7. The molecule has 0 amide bonds. The molecule has 0 aliphatic carbocycles. The molecule has 196 valence electrons. The van der Waals surface area contributed by atoms with Crippen LogP contribution in [0, 0.1) is 6.57 Å². The number of ether oxygens (including phenoxy) is 1. The maximum Gasteiger partial charge on any atom is 0.326 e. The minimum atomic E-state index is -0.388. The van der Waals surface area contributed by atoms with E-state index < -0.39 is 0 Å². The van der Waals surface area contributed by atoms with Crippen LogP contribution in [0.25, 0.3) is 32.7 Å². The Hall–Kier alpha value is -5.18. The Balaban J connectivity index is 1.42. The molecule has 6 rings (SSSR count). The number of para-hydroxylation sites is 1. The third-order valence-corrected chi connectivity index (χ3v) is 6.69. The zero-order chi connectivity index (χ0) is 26.9. The molecule has 3 aromatic heterocycles. The van der Waals surface area contributed by atoms with Crippen LogP contribution < -0.4 is 9.80 Å². The fourth-order valence-corrected chi connectivity index (χ4v) is 4.79. The summed E-state index contributed by atoms with van der Waals surface area (Å²) in [6.07, 6.45) is 1.55. The highest BCUT2D eigenvalue weighted by Crippen LogP contribution is 2.30. The maximum absolute atomic E-state index is 12.3. The monoisotopic (exact) mass is 523 g/mol. The van der Waals surface area contributed by atoms with Crippen molar-refractivity contribution in [3.8, 4) is 11.6 Å². The molecule has 0 radical (unpaired) electrons. The number of aromatic hydroxyl groups is 1. The molecule has 1 aliphatic heterocycles. The van der Waals surface area contributed by atoms with E-state index in [1.807, 2.05) is 36.4 Å². The quantitative estimate of drug-likeness (QED) is 0.264. The molecular weight excluding hydrogens is 498 g/mol. The Bertz CT molecular complexity index is 1710. The number of phenolic OH excluding ortho intramolecular Hbond substituents is 1. The summed E-state index contributed by atoms with van der Waals surface area (Å²) in [7, 11) is 0. The van der Waals surface area contributed by atoms with Crippen molar-refractivity contribution in [2.24, 2.45) is 0 Å². The molecule has 1 aliphatic rings. The minimum Gasteiger partial charge on any atom is -0.508 e. The van der Waals surface area contributed by atoms with Crippen LogP contribution in [0.15, 0.2) is 54.9 Å². The van der Waals surface area contributed by atoms with E-state index in [4.69, 9.17) is 21.3 Å². The SMILES string of the molecule is [C-]#[N+]c1nn(-c2nc(N3CCN(c4ccc(O)cc4)CC3)nc3c2ncn3CC(=O)OCC)c2ccccc12. The number of carbonyl (C=O) groups is 1. The summed E-state index contributed by atoms with van der Waals surface area (Å²) in [6.45, 7) is 12.4. The lowest BCUT2D eigenvalue weighted by Crippen LogP contribution is -2.47. The standard InChI is InChI=1S/C27H25N9O3/c1-3-39-22(38)16-35-17-29-23-25(35)30-27(34-14-12-33(13-15-34)18-8-10-19(37)11-9-18)31-26(23)36-21-7-5-4-6-20(21)24(28-2)32-36/h4-11,17,37H,3,12-16H2,1H3. The molecule has 0 bridgehead atoms. The highest BCUT2D eigenvalue weighted by atomic mass is 16.5. The first kappa shape index (κ1) is 24.2. The van der Waals surface area contributed by atoms with Gasteiger partial charge in [0, 0.05) is 37.3 Å². The number of piperazine rings is 1. The first-order valence-electron chi connectivity index (χ1n) is 12.6. The number of nitrogens with zero attached hydrogens (tertiary/aromatic N) is 9. The zero-order valence-electron chi connectivity index (χ0n) is 21.2. The number of fused-ring (bicyclic) bond motifs is 2. The van der Waals surface area contributed by atoms with Crippen molar-refractivity contribution in [2.45, 2.75) is 13.5 Å². The van der Waals surface area contributed by atoms with Gasteiger partial charge in [-0.05, 0) is 42.4 Å². The van der Waals surface area contributed by atoms with Gasteiger partial charge in [-0.3, -0.25) is 4.79 Å². The number of esters is 1. The molecule has 0 saturated carbocycles. The molecule has 4 heterocycles. The number of phenols is 1. The number of carbonyl (C=O) groups excluding carboxylic acids is 1. The molecule has 12 nitrogen and oxygen atoms in total. The van der Waals surface area contributed by atoms with Gasteiger partial charge in [-0.1, -0.05) is 24.8 Å². The lowest BCUT2D eigenvalue weighted by atomic mass is 10.2. The predicted molar refractivity (Wildman–Crippen MR) is 145 cm³/mol. The maximum atomic E-state index is 12.3. The van der Waals surface area contributed by atoms with Crippen LogP contribution in [0.3, 0.4) is 0 Å². The van der Waals surface area contributed by atoms with E-state index in [0.717, 1.165) is 24.3 Å². The summed E-state index contributed by atoms with van der Waals surface area (Å²) in [5.41, 5.74) is 2.71. The normalized spacial score (nSPS) is 13.6. The third-order valence-electron chi connectivity index (χ3n) is 6.69. The molecule has 12 heteroatoms. The van der Waals surface area contributed by atoms with Crippen LogP contribution in [0.5, 0.6) is 5.75 Å². The summed E-state index contributed by atoms with van der Waals surface area (Å²) < 4.78 is 8.43. The summed E-state index contributed by atoms with van der Waals surface area (Å²) in [5.74, 6) is 1.04. The number of aromatic nitrogens is 6. The van der Waals surface area contributed by atoms with E-state index in [1.165, 1.54) is 0 Å². The van der Waals surface area contributed by atoms with Crippen molar-refractivity contribution in [1.82, 2.24) is 29.3 Å². The first-order chi connectivity index (χ1) is 19.1. The van der Waals surface area contributed by atoms with E-state index in [0.29, 0.717) is 41.4 Å². The summed E-state index contributed by atoms with van der Waals surface area (Å²) in [4.78, 5) is 34.5. The first-order valence-corrected chi connectivity index (χ1v) is 12.6. The van der Waals surface area contributed by atoms with Crippen molar-refractivity contribution in [1.29, 1.82) is 0 Å². The summed E-state index contributed by atoms with van der Waals surface area (Å²) >= 11 is 0. The Labute approximate surface area is 223 Å². The van der Waals surface area contributed by atoms with Gasteiger partial charge < -0.3 is 29.1 Å². The average molecular weight is 524 g/mol. The van der Waals surface area contributed by atoms with E-state index in [9.17, 15) is 9.90 Å². The number of rotatable bonds is 6. The van der Waals surface area contributed by atoms with Crippen molar-refractivity contribution in [3.05, 3.63) is 66.3 Å². The second-order valence-electron chi connectivity index (χ2n) is 9.05. The molecule has 0 spiro atoms.